The molecule has 1 aromatic heterocycles. The number of rotatable bonds is 6. The molecule has 6 heteroatoms. The highest BCUT2D eigenvalue weighted by Gasteiger charge is 2.15. The Morgan fingerprint density at radius 1 is 1.32 bits per heavy atom. The van der Waals surface area contributed by atoms with Crippen LogP contribution in [0.3, 0.4) is 0 Å². The molecule has 1 rings (SSSR count). The zero-order valence-electron chi connectivity index (χ0n) is 12.1. The summed E-state index contributed by atoms with van der Waals surface area (Å²) in [6.07, 6.45) is 0. The summed E-state index contributed by atoms with van der Waals surface area (Å²) in [4.78, 5) is 10.6. The lowest BCUT2D eigenvalue weighted by Gasteiger charge is -2.20. The van der Waals surface area contributed by atoms with Crippen LogP contribution in [0, 0.1) is 17.2 Å². The highest BCUT2D eigenvalue weighted by atomic mass is 15.3. The lowest BCUT2D eigenvalue weighted by molar-refractivity contribution is 0.686. The van der Waals surface area contributed by atoms with Gasteiger partial charge in [-0.1, -0.05) is 13.8 Å². The molecule has 1 heterocycles. The first-order valence-corrected chi connectivity index (χ1v) is 6.59. The number of anilines is 3. The standard InChI is InChI=1S/C13H22N6/c1-5-19(6-2)13-17-11(15)10(7-14)12(18-13)16-8-9(3)4/h9H,5-6,8H2,1-4H3,(H3,15,16,17,18). The second-order valence-electron chi connectivity index (χ2n) is 4.69. The lowest BCUT2D eigenvalue weighted by Crippen LogP contribution is -2.25. The normalized spacial score (nSPS) is 10.3. The van der Waals surface area contributed by atoms with E-state index in [4.69, 9.17) is 11.0 Å². The summed E-state index contributed by atoms with van der Waals surface area (Å²) in [5.74, 6) is 1.77. The summed E-state index contributed by atoms with van der Waals surface area (Å²) in [7, 11) is 0. The minimum atomic E-state index is 0.227. The van der Waals surface area contributed by atoms with Crippen molar-refractivity contribution in [1.29, 1.82) is 5.26 Å². The molecule has 0 bridgehead atoms. The van der Waals surface area contributed by atoms with Gasteiger partial charge < -0.3 is 16.0 Å². The fourth-order valence-corrected chi connectivity index (χ4v) is 1.65. The van der Waals surface area contributed by atoms with E-state index < -0.39 is 0 Å². The fourth-order valence-electron chi connectivity index (χ4n) is 1.65. The molecule has 0 radical (unpaired) electrons. The minimum absolute atomic E-state index is 0.227. The first kappa shape index (κ1) is 15.0. The van der Waals surface area contributed by atoms with Crippen LogP contribution in [0.1, 0.15) is 33.3 Å². The summed E-state index contributed by atoms with van der Waals surface area (Å²) in [5, 5.41) is 12.3. The Morgan fingerprint density at radius 3 is 2.42 bits per heavy atom. The molecule has 0 aliphatic rings. The molecular formula is C13H22N6. The summed E-state index contributed by atoms with van der Waals surface area (Å²) in [5.41, 5.74) is 6.16. The number of nitrogen functional groups attached to an aromatic ring is 1. The molecule has 0 atom stereocenters. The van der Waals surface area contributed by atoms with E-state index >= 15 is 0 Å². The van der Waals surface area contributed by atoms with Gasteiger partial charge in [0.25, 0.3) is 0 Å². The van der Waals surface area contributed by atoms with E-state index in [1.165, 1.54) is 0 Å². The maximum absolute atomic E-state index is 9.14. The van der Waals surface area contributed by atoms with Crippen LogP contribution in [-0.2, 0) is 0 Å². The first-order valence-electron chi connectivity index (χ1n) is 6.59. The Hall–Kier alpha value is -2.03. The van der Waals surface area contributed by atoms with Crippen molar-refractivity contribution in [2.24, 2.45) is 5.92 Å². The van der Waals surface area contributed by atoms with E-state index in [0.717, 1.165) is 19.6 Å². The largest absolute Gasteiger partial charge is 0.382 e. The number of nitrogens with one attached hydrogen (secondary N) is 1. The maximum Gasteiger partial charge on any atom is 0.229 e. The highest BCUT2D eigenvalue weighted by molar-refractivity contribution is 5.65. The van der Waals surface area contributed by atoms with Gasteiger partial charge in [-0.3, -0.25) is 0 Å². The maximum atomic E-state index is 9.14. The SMILES string of the molecule is CCN(CC)c1nc(N)c(C#N)c(NCC(C)C)n1. The van der Waals surface area contributed by atoms with Gasteiger partial charge in [-0.15, -0.1) is 0 Å². The molecule has 1 aromatic rings. The number of aromatic nitrogens is 2. The Labute approximate surface area is 114 Å². The lowest BCUT2D eigenvalue weighted by atomic mass is 10.2. The molecule has 0 aromatic carbocycles. The third-order valence-electron chi connectivity index (χ3n) is 2.76. The number of nitrogens with two attached hydrogens (primary N) is 1. The molecule has 0 fully saturated rings. The molecule has 0 saturated carbocycles. The molecule has 0 aliphatic heterocycles. The zero-order valence-corrected chi connectivity index (χ0v) is 12.1. The number of nitriles is 1. The number of nitrogens with zero attached hydrogens (tertiary/aromatic N) is 4. The third-order valence-corrected chi connectivity index (χ3v) is 2.76. The predicted molar refractivity (Wildman–Crippen MR) is 78.0 cm³/mol. The predicted octanol–water partition coefficient (Wildman–Crippen LogP) is 1.84. The van der Waals surface area contributed by atoms with Crippen LogP contribution < -0.4 is 16.0 Å². The van der Waals surface area contributed by atoms with Crippen molar-refractivity contribution in [2.45, 2.75) is 27.7 Å². The summed E-state index contributed by atoms with van der Waals surface area (Å²) < 4.78 is 0. The van der Waals surface area contributed by atoms with Crippen molar-refractivity contribution in [1.82, 2.24) is 9.97 Å². The number of hydrogen-bond donors (Lipinski definition) is 2. The zero-order chi connectivity index (χ0) is 14.4. The van der Waals surface area contributed by atoms with E-state index in [0.29, 0.717) is 23.2 Å². The van der Waals surface area contributed by atoms with Gasteiger partial charge in [0.2, 0.25) is 5.95 Å². The average molecular weight is 262 g/mol. The van der Waals surface area contributed by atoms with Crippen LogP contribution in [0.4, 0.5) is 17.6 Å². The van der Waals surface area contributed by atoms with E-state index in [9.17, 15) is 0 Å². The van der Waals surface area contributed by atoms with E-state index in [1.807, 2.05) is 18.7 Å². The van der Waals surface area contributed by atoms with Crippen molar-refractivity contribution in [3.8, 4) is 6.07 Å². The summed E-state index contributed by atoms with van der Waals surface area (Å²) in [6, 6.07) is 2.06. The van der Waals surface area contributed by atoms with Crippen LogP contribution in [0.2, 0.25) is 0 Å². The molecule has 19 heavy (non-hydrogen) atoms. The average Bonchev–Trinajstić information content (AvgIpc) is 2.37. The molecule has 104 valence electrons. The molecule has 0 saturated heterocycles. The number of hydrogen-bond acceptors (Lipinski definition) is 6. The quantitative estimate of drug-likeness (QED) is 0.813. The van der Waals surface area contributed by atoms with Crippen LogP contribution in [0.5, 0.6) is 0 Å². The monoisotopic (exact) mass is 262 g/mol. The molecular weight excluding hydrogens is 240 g/mol. The van der Waals surface area contributed by atoms with Gasteiger partial charge in [-0.25, -0.2) is 0 Å². The van der Waals surface area contributed by atoms with Crippen LogP contribution in [0.15, 0.2) is 0 Å². The van der Waals surface area contributed by atoms with Gasteiger partial charge >= 0.3 is 0 Å². The Kier molecular flexibility index (Phi) is 5.37. The third kappa shape index (κ3) is 3.71. The molecule has 3 N–H and O–H groups in total. The van der Waals surface area contributed by atoms with Crippen molar-refractivity contribution >= 4 is 17.6 Å². The first-order chi connectivity index (χ1) is 9.03. The van der Waals surface area contributed by atoms with Crippen molar-refractivity contribution < 1.29 is 0 Å². The summed E-state index contributed by atoms with van der Waals surface area (Å²) >= 11 is 0. The Morgan fingerprint density at radius 2 is 1.95 bits per heavy atom. The fraction of sp³-hybridized carbons (Fsp3) is 0.615. The van der Waals surface area contributed by atoms with Gasteiger partial charge in [0.15, 0.2) is 5.82 Å². The molecule has 0 unspecified atom stereocenters. The van der Waals surface area contributed by atoms with Gasteiger partial charge in [0, 0.05) is 19.6 Å². The molecule has 0 amide bonds. The van der Waals surface area contributed by atoms with E-state index in [-0.39, 0.29) is 5.82 Å². The Bertz CT molecular complexity index is 459. The second-order valence-corrected chi connectivity index (χ2v) is 4.69. The smallest absolute Gasteiger partial charge is 0.229 e. The second kappa shape index (κ2) is 6.78. The van der Waals surface area contributed by atoms with Crippen LogP contribution in [0.25, 0.3) is 0 Å². The molecule has 6 nitrogen and oxygen atoms in total. The van der Waals surface area contributed by atoms with E-state index in [2.05, 4.69) is 35.2 Å². The van der Waals surface area contributed by atoms with Gasteiger partial charge in [-0.05, 0) is 19.8 Å². The van der Waals surface area contributed by atoms with E-state index in [1.54, 1.807) is 0 Å². The molecule has 0 aliphatic carbocycles. The van der Waals surface area contributed by atoms with Crippen molar-refractivity contribution in [2.75, 3.05) is 35.6 Å². The molecule has 0 spiro atoms. The van der Waals surface area contributed by atoms with Gasteiger partial charge in [0.05, 0.1) is 0 Å². The minimum Gasteiger partial charge on any atom is -0.382 e. The summed E-state index contributed by atoms with van der Waals surface area (Å²) in [6.45, 7) is 10.6. The van der Waals surface area contributed by atoms with Crippen molar-refractivity contribution in [3.05, 3.63) is 5.56 Å². The van der Waals surface area contributed by atoms with Gasteiger partial charge in [0.1, 0.15) is 17.5 Å². The Balaban J connectivity index is 3.15. The van der Waals surface area contributed by atoms with Crippen LogP contribution >= 0.6 is 0 Å². The van der Waals surface area contributed by atoms with Gasteiger partial charge in [-0.2, -0.15) is 15.2 Å². The van der Waals surface area contributed by atoms with Crippen LogP contribution in [-0.4, -0.2) is 29.6 Å². The highest BCUT2D eigenvalue weighted by Crippen LogP contribution is 2.21. The van der Waals surface area contributed by atoms with Crippen molar-refractivity contribution in [3.63, 3.8) is 0 Å². The topological polar surface area (TPSA) is 90.9 Å².